The van der Waals surface area contributed by atoms with Gasteiger partial charge in [-0.25, -0.2) is 32.1 Å². The van der Waals surface area contributed by atoms with Crippen LogP contribution >= 0.6 is 15.9 Å². The summed E-state index contributed by atoms with van der Waals surface area (Å²) in [6.07, 6.45) is 1.22. The number of fused-ring (bicyclic) bond motifs is 2. The van der Waals surface area contributed by atoms with E-state index in [2.05, 4.69) is 25.9 Å². The first kappa shape index (κ1) is 31.3. The molecule has 0 amide bonds. The molecule has 0 aliphatic rings. The fraction of sp³-hybridized carbons (Fsp3) is 0.333. The Labute approximate surface area is 227 Å². The highest BCUT2D eigenvalue weighted by atomic mass is 79.9. The van der Waals surface area contributed by atoms with Crippen molar-refractivity contribution >= 4 is 39.2 Å². The number of aromatic nitrogens is 4. The summed E-state index contributed by atoms with van der Waals surface area (Å²) in [6.45, 7) is 3.36. The van der Waals surface area contributed by atoms with E-state index in [1.54, 1.807) is 24.4 Å². The molecule has 4 aromatic rings. The van der Waals surface area contributed by atoms with Crippen molar-refractivity contribution in [3.8, 4) is 5.75 Å². The van der Waals surface area contributed by atoms with Crippen molar-refractivity contribution < 1.29 is 41.4 Å². The van der Waals surface area contributed by atoms with Crippen LogP contribution in [0.5, 0.6) is 5.75 Å². The van der Waals surface area contributed by atoms with Gasteiger partial charge in [0.2, 0.25) is 6.43 Å². The molecule has 0 saturated carbocycles. The zero-order valence-electron chi connectivity index (χ0n) is 20.8. The van der Waals surface area contributed by atoms with Crippen molar-refractivity contribution in [2.75, 3.05) is 25.2 Å². The van der Waals surface area contributed by atoms with E-state index in [-0.39, 0.29) is 28.8 Å². The summed E-state index contributed by atoms with van der Waals surface area (Å²) in [4.78, 5) is 40.9. The lowest BCUT2D eigenvalue weighted by Gasteiger charge is -2.06. The third-order valence-electron chi connectivity index (χ3n) is 4.49. The number of hydrogen-bond donors (Lipinski definition) is 1. The molecule has 4 aromatic heterocycles. The second kappa shape index (κ2) is 15.5. The summed E-state index contributed by atoms with van der Waals surface area (Å²) in [5.41, 5.74) is 1.55. The number of hydrogen-bond acceptors (Lipinski definition) is 7. The summed E-state index contributed by atoms with van der Waals surface area (Å²) in [6, 6.07) is 5.77. The van der Waals surface area contributed by atoms with Crippen LogP contribution in [-0.4, -0.2) is 68.7 Å². The van der Waals surface area contributed by atoms with E-state index in [0.717, 1.165) is 0 Å². The van der Waals surface area contributed by atoms with Crippen LogP contribution in [0.25, 0.3) is 11.3 Å². The molecule has 1 N–H and O–H groups in total. The summed E-state index contributed by atoms with van der Waals surface area (Å²) in [5.74, 6) is -0.627. The molecule has 0 saturated heterocycles. The van der Waals surface area contributed by atoms with Gasteiger partial charge in [-0.1, -0.05) is 15.9 Å². The van der Waals surface area contributed by atoms with Crippen molar-refractivity contribution in [3.05, 3.63) is 70.7 Å². The molecule has 0 aliphatic carbocycles. The SMILES string of the molecule is CCOC(=O)c1c[nH]c2cc(=O)ccn12.CCOC(=O)c1cnc2cc(OCC(F)F)ccn12.FC(F)CBr. The number of carbonyl (C=O) groups is 2. The Hall–Kier alpha value is -3.88. The fourth-order valence-electron chi connectivity index (χ4n) is 2.94. The molecule has 10 nitrogen and oxygen atoms in total. The van der Waals surface area contributed by atoms with Gasteiger partial charge in [0.25, 0.3) is 6.43 Å². The van der Waals surface area contributed by atoms with Gasteiger partial charge in [0.1, 0.15) is 29.3 Å². The Kier molecular flexibility index (Phi) is 12.5. The molecule has 39 heavy (non-hydrogen) atoms. The molecule has 0 aromatic carbocycles. The second-order valence-corrected chi connectivity index (χ2v) is 7.86. The standard InChI is InChI=1S/C12H12F2N2O3.C10H10N2O3.C2H3BrF2/c1-2-18-12(17)9-6-15-11-5-8(3-4-16(9)11)19-7-10(13)14;1-2-15-10(14)8-6-11-9-5-7(13)3-4-12(8)9;3-1-2(4)5/h3-6,10H,2,7H2,1H3;3-6,11H,2H2,1H3;2H,1H2. The maximum atomic E-state index is 12.0. The lowest BCUT2D eigenvalue weighted by Crippen LogP contribution is -2.09. The van der Waals surface area contributed by atoms with E-state index in [4.69, 9.17) is 14.2 Å². The Morgan fingerprint density at radius 3 is 2.18 bits per heavy atom. The number of esters is 2. The predicted molar refractivity (Wildman–Crippen MR) is 136 cm³/mol. The van der Waals surface area contributed by atoms with E-state index in [0.29, 0.717) is 23.6 Å². The van der Waals surface area contributed by atoms with Gasteiger partial charge in [-0.2, -0.15) is 0 Å². The highest BCUT2D eigenvalue weighted by Gasteiger charge is 2.14. The van der Waals surface area contributed by atoms with Crippen molar-refractivity contribution in [1.29, 1.82) is 0 Å². The number of aromatic amines is 1. The van der Waals surface area contributed by atoms with E-state index in [9.17, 15) is 31.9 Å². The average Bonchev–Trinajstić information content (AvgIpc) is 3.52. The molecule has 0 bridgehead atoms. The zero-order chi connectivity index (χ0) is 28.9. The van der Waals surface area contributed by atoms with Crippen molar-refractivity contribution in [1.82, 2.24) is 18.8 Å². The smallest absolute Gasteiger partial charge is 0.356 e. The number of carbonyl (C=O) groups excluding carboxylic acids is 2. The van der Waals surface area contributed by atoms with Crippen molar-refractivity contribution in [3.63, 3.8) is 0 Å². The van der Waals surface area contributed by atoms with Gasteiger partial charge in [0.05, 0.1) is 24.7 Å². The van der Waals surface area contributed by atoms with Crippen LogP contribution in [0.15, 0.2) is 53.8 Å². The minimum Gasteiger partial charge on any atom is -0.487 e. The number of halogens is 5. The van der Waals surface area contributed by atoms with Crippen LogP contribution < -0.4 is 10.2 Å². The first-order valence-corrected chi connectivity index (χ1v) is 12.5. The Morgan fingerprint density at radius 2 is 1.59 bits per heavy atom. The van der Waals surface area contributed by atoms with Gasteiger partial charge in [-0.05, 0) is 19.9 Å². The van der Waals surface area contributed by atoms with E-state index in [1.165, 1.54) is 47.3 Å². The van der Waals surface area contributed by atoms with Gasteiger partial charge in [-0.15, -0.1) is 0 Å². The van der Waals surface area contributed by atoms with Crippen LogP contribution in [0.2, 0.25) is 0 Å². The normalized spacial score (nSPS) is 10.6. The minimum atomic E-state index is -2.54. The van der Waals surface area contributed by atoms with Crippen LogP contribution in [0, 0.1) is 0 Å². The topological polar surface area (TPSA) is 116 Å². The number of rotatable bonds is 8. The monoisotopic (exact) mass is 620 g/mol. The van der Waals surface area contributed by atoms with E-state index < -0.39 is 31.4 Å². The highest BCUT2D eigenvalue weighted by Crippen LogP contribution is 2.16. The molecule has 0 unspecified atom stereocenters. The van der Waals surface area contributed by atoms with Gasteiger partial charge < -0.3 is 19.2 Å². The van der Waals surface area contributed by atoms with Gasteiger partial charge in [-0.3, -0.25) is 13.6 Å². The van der Waals surface area contributed by atoms with Gasteiger partial charge in [0, 0.05) is 36.8 Å². The molecular weight excluding hydrogens is 596 g/mol. The lowest BCUT2D eigenvalue weighted by atomic mass is 10.4. The van der Waals surface area contributed by atoms with Crippen molar-refractivity contribution in [2.24, 2.45) is 0 Å². The van der Waals surface area contributed by atoms with E-state index >= 15 is 0 Å². The van der Waals surface area contributed by atoms with Crippen LogP contribution in [0.1, 0.15) is 34.8 Å². The minimum absolute atomic E-state index is 0.104. The summed E-state index contributed by atoms with van der Waals surface area (Å²) in [7, 11) is 0. The Morgan fingerprint density at radius 1 is 0.974 bits per heavy atom. The van der Waals surface area contributed by atoms with Crippen LogP contribution in [0.3, 0.4) is 0 Å². The summed E-state index contributed by atoms with van der Waals surface area (Å²) >= 11 is 2.56. The highest BCUT2D eigenvalue weighted by molar-refractivity contribution is 9.09. The Bertz CT molecular complexity index is 1420. The number of pyridine rings is 2. The summed E-state index contributed by atoms with van der Waals surface area (Å²) in [5, 5.41) is -0.215. The first-order valence-electron chi connectivity index (χ1n) is 11.4. The Balaban J connectivity index is 0.000000238. The second-order valence-electron chi connectivity index (χ2n) is 7.21. The molecule has 0 aliphatic heterocycles. The quantitative estimate of drug-likeness (QED) is 0.174. The maximum Gasteiger partial charge on any atom is 0.356 e. The average molecular weight is 621 g/mol. The molecule has 4 heterocycles. The molecule has 0 radical (unpaired) electrons. The summed E-state index contributed by atoms with van der Waals surface area (Å²) < 4.78 is 63.2. The number of alkyl halides is 5. The van der Waals surface area contributed by atoms with Crippen LogP contribution in [-0.2, 0) is 9.47 Å². The lowest BCUT2D eigenvalue weighted by molar-refractivity contribution is 0.0508. The molecule has 0 spiro atoms. The molecule has 15 heteroatoms. The molecule has 0 atom stereocenters. The number of nitrogens with zero attached hydrogens (tertiary/aromatic N) is 3. The fourth-order valence-corrected chi connectivity index (χ4v) is 2.94. The molecule has 212 valence electrons. The third-order valence-corrected chi connectivity index (χ3v) is 4.98. The van der Waals surface area contributed by atoms with Crippen molar-refractivity contribution in [2.45, 2.75) is 26.7 Å². The number of H-pyrrole nitrogens is 1. The van der Waals surface area contributed by atoms with Gasteiger partial charge >= 0.3 is 11.9 Å². The zero-order valence-corrected chi connectivity index (χ0v) is 22.4. The maximum absolute atomic E-state index is 12.0. The van der Waals surface area contributed by atoms with Gasteiger partial charge in [0.15, 0.2) is 11.1 Å². The molecule has 4 rings (SSSR count). The molecule has 0 fully saturated rings. The van der Waals surface area contributed by atoms with E-state index in [1.807, 2.05) is 0 Å². The first-order chi connectivity index (χ1) is 18.6. The number of ether oxygens (including phenoxy) is 3. The third kappa shape index (κ3) is 9.42. The molecular formula is C24H25BrF4N4O6. The number of imidazole rings is 2. The number of nitrogens with one attached hydrogen (secondary N) is 1. The predicted octanol–water partition coefficient (Wildman–Crippen LogP) is 4.61. The largest absolute Gasteiger partial charge is 0.487 e. The van der Waals surface area contributed by atoms with Crippen LogP contribution in [0.4, 0.5) is 17.6 Å².